The molecule has 2 aromatic rings. The summed E-state index contributed by atoms with van der Waals surface area (Å²) in [5.74, 6) is 0.120. The minimum atomic E-state index is -0.547. The van der Waals surface area contributed by atoms with E-state index >= 15 is 0 Å². The lowest BCUT2D eigenvalue weighted by Gasteiger charge is -2.32. The number of amides is 3. The van der Waals surface area contributed by atoms with E-state index in [-0.39, 0.29) is 31.0 Å². The van der Waals surface area contributed by atoms with Crippen molar-refractivity contribution in [2.24, 2.45) is 0 Å². The van der Waals surface area contributed by atoms with Gasteiger partial charge >= 0.3 is 6.09 Å². The van der Waals surface area contributed by atoms with Gasteiger partial charge in [-0.05, 0) is 24.3 Å². The zero-order chi connectivity index (χ0) is 20.7. The highest BCUT2D eigenvalue weighted by atomic mass is 35.5. The number of anilines is 2. The summed E-state index contributed by atoms with van der Waals surface area (Å²) < 4.78 is 11.8. The molecule has 1 saturated heterocycles. The number of thiophene rings is 1. The summed E-state index contributed by atoms with van der Waals surface area (Å²) in [6.07, 6.45) is -1.04. The van der Waals surface area contributed by atoms with Crippen molar-refractivity contribution < 1.29 is 23.9 Å². The number of fused-ring (bicyclic) bond motifs is 3. The van der Waals surface area contributed by atoms with Gasteiger partial charge in [-0.1, -0.05) is 11.6 Å². The van der Waals surface area contributed by atoms with Crippen LogP contribution in [0.2, 0.25) is 4.34 Å². The molecule has 1 N–H and O–H groups in total. The van der Waals surface area contributed by atoms with Gasteiger partial charge in [-0.2, -0.15) is 0 Å². The Morgan fingerprint density at radius 1 is 1.34 bits per heavy atom. The van der Waals surface area contributed by atoms with Gasteiger partial charge in [0.15, 0.2) is 0 Å². The van der Waals surface area contributed by atoms with Gasteiger partial charge in [-0.25, -0.2) is 4.79 Å². The Kier molecular flexibility index (Phi) is 5.10. The largest absolute Gasteiger partial charge is 0.489 e. The predicted molar refractivity (Wildman–Crippen MR) is 109 cm³/mol. The molecular formula is C19H18ClN3O5S. The van der Waals surface area contributed by atoms with Crippen LogP contribution >= 0.6 is 22.9 Å². The lowest BCUT2D eigenvalue weighted by Crippen LogP contribution is -2.47. The number of rotatable bonds is 4. The van der Waals surface area contributed by atoms with Crippen LogP contribution in [0.25, 0.3) is 0 Å². The maximum Gasteiger partial charge on any atom is 0.415 e. The van der Waals surface area contributed by atoms with E-state index in [9.17, 15) is 14.4 Å². The van der Waals surface area contributed by atoms with Crippen LogP contribution in [0.5, 0.6) is 5.75 Å². The number of ether oxygens (including phenoxy) is 2. The van der Waals surface area contributed by atoms with Gasteiger partial charge in [0.05, 0.1) is 21.4 Å². The maximum absolute atomic E-state index is 12.5. The number of cyclic esters (lactones) is 1. The fourth-order valence-electron chi connectivity index (χ4n) is 3.30. The molecule has 1 aromatic carbocycles. The SMILES string of the molecule is CC(=O)N(C)c1ccc2c(c1)OC[C@H]1[C@H](CNC(=O)c3ccc(Cl)s3)OC(=O)N21. The molecule has 29 heavy (non-hydrogen) atoms. The molecule has 0 bridgehead atoms. The molecule has 0 radical (unpaired) electrons. The number of hydrogen-bond acceptors (Lipinski definition) is 6. The molecule has 1 fully saturated rings. The molecule has 0 aliphatic carbocycles. The Bertz CT molecular complexity index is 994. The second-order valence-electron chi connectivity index (χ2n) is 6.71. The molecule has 3 amide bonds. The van der Waals surface area contributed by atoms with Gasteiger partial charge < -0.3 is 19.7 Å². The number of nitrogens with zero attached hydrogens (tertiary/aromatic N) is 2. The fraction of sp³-hybridized carbons (Fsp3) is 0.316. The first-order valence-corrected chi connectivity index (χ1v) is 10.1. The molecule has 10 heteroatoms. The average molecular weight is 436 g/mol. The van der Waals surface area contributed by atoms with Gasteiger partial charge in [0.25, 0.3) is 5.91 Å². The minimum Gasteiger partial charge on any atom is -0.489 e. The smallest absolute Gasteiger partial charge is 0.415 e. The quantitative estimate of drug-likeness (QED) is 0.797. The van der Waals surface area contributed by atoms with E-state index in [1.807, 2.05) is 0 Å². The van der Waals surface area contributed by atoms with Crippen LogP contribution in [0, 0.1) is 0 Å². The summed E-state index contributed by atoms with van der Waals surface area (Å²) in [5.41, 5.74) is 1.24. The first kappa shape index (κ1) is 19.5. The number of carbonyl (C=O) groups excluding carboxylic acids is 3. The summed E-state index contributed by atoms with van der Waals surface area (Å²) >= 11 is 7.04. The molecule has 2 aliphatic heterocycles. The van der Waals surface area contributed by atoms with Crippen molar-refractivity contribution in [2.45, 2.75) is 19.1 Å². The molecule has 0 saturated carbocycles. The topological polar surface area (TPSA) is 88.2 Å². The highest BCUT2D eigenvalue weighted by molar-refractivity contribution is 7.18. The van der Waals surface area contributed by atoms with Crippen LogP contribution < -0.4 is 19.9 Å². The fourth-order valence-corrected chi connectivity index (χ4v) is 4.26. The molecular weight excluding hydrogens is 418 g/mol. The van der Waals surface area contributed by atoms with Crippen molar-refractivity contribution in [3.8, 4) is 5.75 Å². The van der Waals surface area contributed by atoms with Crippen molar-refractivity contribution in [3.05, 3.63) is 39.5 Å². The molecule has 0 unspecified atom stereocenters. The van der Waals surface area contributed by atoms with Gasteiger partial charge in [-0.3, -0.25) is 14.5 Å². The van der Waals surface area contributed by atoms with Crippen molar-refractivity contribution in [1.82, 2.24) is 5.32 Å². The summed E-state index contributed by atoms with van der Waals surface area (Å²) in [7, 11) is 1.67. The zero-order valence-electron chi connectivity index (χ0n) is 15.7. The lowest BCUT2D eigenvalue weighted by atomic mass is 10.1. The van der Waals surface area contributed by atoms with Gasteiger partial charge in [-0.15, -0.1) is 11.3 Å². The van der Waals surface area contributed by atoms with E-state index in [0.717, 1.165) is 0 Å². The van der Waals surface area contributed by atoms with E-state index < -0.39 is 12.2 Å². The van der Waals surface area contributed by atoms with Crippen LogP contribution in [0.4, 0.5) is 16.2 Å². The Hall–Kier alpha value is -2.78. The standard InChI is InChI=1S/C19H18ClN3O5S/c1-10(24)22(2)11-3-4-12-14(7-11)27-9-13-15(28-19(26)23(12)13)8-21-18(25)16-5-6-17(20)29-16/h3-7,13,15H,8-9H2,1-2H3,(H,21,25)/t13-,15-/m0/s1. The normalized spacial score (nSPS) is 19.7. The molecule has 4 rings (SSSR count). The van der Waals surface area contributed by atoms with Crippen LogP contribution in [-0.4, -0.2) is 50.3 Å². The van der Waals surface area contributed by atoms with Gasteiger partial charge in [0.2, 0.25) is 5.91 Å². The molecule has 0 spiro atoms. The summed E-state index contributed by atoms with van der Waals surface area (Å²) in [6, 6.07) is 8.13. The zero-order valence-corrected chi connectivity index (χ0v) is 17.2. The van der Waals surface area contributed by atoms with Gasteiger partial charge in [0.1, 0.15) is 24.5 Å². The minimum absolute atomic E-state index is 0.109. The summed E-state index contributed by atoms with van der Waals surface area (Å²) in [6.45, 7) is 1.85. The van der Waals surface area contributed by atoms with Crippen LogP contribution in [0.15, 0.2) is 30.3 Å². The van der Waals surface area contributed by atoms with Gasteiger partial charge in [0, 0.05) is 25.7 Å². The van der Waals surface area contributed by atoms with E-state index in [1.54, 1.807) is 37.4 Å². The van der Waals surface area contributed by atoms with E-state index in [0.29, 0.717) is 26.3 Å². The second kappa shape index (κ2) is 7.57. The third kappa shape index (κ3) is 3.63. The Morgan fingerprint density at radius 2 is 2.14 bits per heavy atom. The van der Waals surface area contributed by atoms with Crippen LogP contribution in [-0.2, 0) is 9.53 Å². The van der Waals surface area contributed by atoms with E-state index in [1.165, 1.54) is 28.1 Å². The molecule has 3 heterocycles. The molecule has 2 atom stereocenters. The molecule has 152 valence electrons. The second-order valence-corrected chi connectivity index (χ2v) is 8.43. The van der Waals surface area contributed by atoms with Crippen molar-refractivity contribution >= 4 is 52.2 Å². The van der Waals surface area contributed by atoms with Crippen molar-refractivity contribution in [3.63, 3.8) is 0 Å². The predicted octanol–water partition coefficient (Wildman–Crippen LogP) is 2.90. The summed E-state index contributed by atoms with van der Waals surface area (Å²) in [4.78, 5) is 39.8. The molecule has 1 aromatic heterocycles. The van der Waals surface area contributed by atoms with Crippen LogP contribution in [0.1, 0.15) is 16.6 Å². The van der Waals surface area contributed by atoms with Crippen molar-refractivity contribution in [2.75, 3.05) is 30.0 Å². The average Bonchev–Trinajstić information content (AvgIpc) is 3.28. The first-order chi connectivity index (χ1) is 13.8. The van der Waals surface area contributed by atoms with E-state index in [4.69, 9.17) is 21.1 Å². The molecule has 8 nitrogen and oxygen atoms in total. The third-order valence-electron chi connectivity index (χ3n) is 4.94. The number of nitrogens with one attached hydrogen (secondary N) is 1. The highest BCUT2D eigenvalue weighted by Gasteiger charge is 2.46. The molecule has 2 aliphatic rings. The lowest BCUT2D eigenvalue weighted by molar-refractivity contribution is -0.116. The maximum atomic E-state index is 12.5. The number of halogens is 1. The third-order valence-corrected chi connectivity index (χ3v) is 6.17. The van der Waals surface area contributed by atoms with Crippen molar-refractivity contribution in [1.29, 1.82) is 0 Å². The highest BCUT2D eigenvalue weighted by Crippen LogP contribution is 2.40. The monoisotopic (exact) mass is 435 g/mol. The number of benzene rings is 1. The number of carbonyl (C=O) groups is 3. The summed E-state index contributed by atoms with van der Waals surface area (Å²) in [5, 5.41) is 2.78. The number of hydrogen-bond donors (Lipinski definition) is 1. The van der Waals surface area contributed by atoms with E-state index in [2.05, 4.69) is 5.32 Å². The Balaban J connectivity index is 1.48. The Morgan fingerprint density at radius 3 is 2.83 bits per heavy atom. The van der Waals surface area contributed by atoms with Crippen LogP contribution in [0.3, 0.4) is 0 Å². The first-order valence-electron chi connectivity index (χ1n) is 8.89. The Labute approximate surface area is 175 Å².